The molecule has 172 valence electrons. The molecule has 1 fully saturated rings. The average Bonchev–Trinajstić information content (AvgIpc) is 2.76. The van der Waals surface area contributed by atoms with Crippen molar-refractivity contribution in [1.82, 2.24) is 4.31 Å². The molecular formula is C21H22ClFN2O6S. The molecule has 1 atom stereocenters. The van der Waals surface area contributed by atoms with Crippen LogP contribution in [-0.4, -0.2) is 57.0 Å². The minimum atomic E-state index is -3.82. The number of hydrogen-bond acceptors (Lipinski definition) is 6. The van der Waals surface area contributed by atoms with Crippen LogP contribution in [0.3, 0.4) is 0 Å². The number of aryl methyl sites for hydroxylation is 1. The van der Waals surface area contributed by atoms with Crippen LogP contribution in [0.15, 0.2) is 41.3 Å². The molecule has 0 unspecified atom stereocenters. The van der Waals surface area contributed by atoms with Gasteiger partial charge in [-0.1, -0.05) is 17.7 Å². The lowest BCUT2D eigenvalue weighted by Crippen LogP contribution is -2.40. The second kappa shape index (κ2) is 9.95. The molecule has 8 nitrogen and oxygen atoms in total. The van der Waals surface area contributed by atoms with Gasteiger partial charge in [-0.3, -0.25) is 4.79 Å². The minimum Gasteiger partial charge on any atom is -0.449 e. The van der Waals surface area contributed by atoms with E-state index < -0.39 is 33.8 Å². The Morgan fingerprint density at radius 2 is 1.88 bits per heavy atom. The summed E-state index contributed by atoms with van der Waals surface area (Å²) in [5.41, 5.74) is 0.627. The summed E-state index contributed by atoms with van der Waals surface area (Å²) in [7, 11) is -3.82. The molecule has 1 saturated heterocycles. The molecule has 1 amide bonds. The fourth-order valence-corrected chi connectivity index (χ4v) is 4.91. The molecule has 32 heavy (non-hydrogen) atoms. The van der Waals surface area contributed by atoms with E-state index >= 15 is 0 Å². The number of esters is 1. The number of halogens is 2. The number of benzene rings is 2. The second-order valence-electron chi connectivity index (χ2n) is 7.16. The first kappa shape index (κ1) is 24.1. The molecule has 1 aliphatic heterocycles. The molecule has 3 rings (SSSR count). The third-order valence-corrected chi connectivity index (χ3v) is 7.21. The van der Waals surface area contributed by atoms with Crippen LogP contribution in [0.25, 0.3) is 0 Å². The Labute approximate surface area is 190 Å². The van der Waals surface area contributed by atoms with Crippen molar-refractivity contribution in [3.63, 3.8) is 0 Å². The van der Waals surface area contributed by atoms with Crippen LogP contribution < -0.4 is 5.32 Å². The Morgan fingerprint density at radius 3 is 2.53 bits per heavy atom. The summed E-state index contributed by atoms with van der Waals surface area (Å²) in [4.78, 5) is 24.9. The topological polar surface area (TPSA) is 102 Å². The molecule has 0 radical (unpaired) electrons. The lowest BCUT2D eigenvalue weighted by molar-refractivity contribution is -0.123. The van der Waals surface area contributed by atoms with Crippen molar-refractivity contribution in [2.45, 2.75) is 24.8 Å². The number of hydrogen-bond donors (Lipinski definition) is 1. The number of carbonyl (C=O) groups is 2. The van der Waals surface area contributed by atoms with E-state index in [4.69, 9.17) is 21.1 Å². The number of rotatable bonds is 6. The van der Waals surface area contributed by atoms with Gasteiger partial charge in [0, 0.05) is 13.1 Å². The number of nitrogens with zero attached hydrogens (tertiary/aromatic N) is 1. The molecule has 11 heteroatoms. The normalized spacial score (nSPS) is 15.8. The van der Waals surface area contributed by atoms with E-state index in [1.54, 1.807) is 6.92 Å². The van der Waals surface area contributed by atoms with Gasteiger partial charge in [0.1, 0.15) is 5.82 Å². The zero-order valence-corrected chi connectivity index (χ0v) is 19.0. The Kier molecular flexibility index (Phi) is 7.50. The molecule has 0 saturated carbocycles. The maximum Gasteiger partial charge on any atom is 0.338 e. The minimum absolute atomic E-state index is 0.00614. The number of anilines is 1. The first-order chi connectivity index (χ1) is 15.1. The number of nitrogens with one attached hydrogen (secondary N) is 1. The Morgan fingerprint density at radius 1 is 1.19 bits per heavy atom. The first-order valence-electron chi connectivity index (χ1n) is 9.75. The lowest BCUT2D eigenvalue weighted by Gasteiger charge is -2.26. The quantitative estimate of drug-likeness (QED) is 0.632. The van der Waals surface area contributed by atoms with Crippen LogP contribution in [0.5, 0.6) is 0 Å². The maximum absolute atomic E-state index is 13.1. The van der Waals surface area contributed by atoms with E-state index in [0.717, 1.165) is 12.1 Å². The van der Waals surface area contributed by atoms with Crippen LogP contribution in [0.2, 0.25) is 5.02 Å². The third kappa shape index (κ3) is 5.44. The average molecular weight is 485 g/mol. The van der Waals surface area contributed by atoms with Crippen LogP contribution in [-0.2, 0) is 24.3 Å². The van der Waals surface area contributed by atoms with Gasteiger partial charge in [-0.05, 0) is 49.7 Å². The molecule has 0 bridgehead atoms. The highest BCUT2D eigenvalue weighted by molar-refractivity contribution is 7.89. The van der Waals surface area contributed by atoms with Crippen molar-refractivity contribution in [3.8, 4) is 0 Å². The summed E-state index contributed by atoms with van der Waals surface area (Å²) < 4.78 is 50.8. The van der Waals surface area contributed by atoms with Crippen molar-refractivity contribution in [2.24, 2.45) is 0 Å². The molecule has 0 spiro atoms. The van der Waals surface area contributed by atoms with Gasteiger partial charge in [0.05, 0.1) is 34.4 Å². The highest BCUT2D eigenvalue weighted by Gasteiger charge is 2.29. The van der Waals surface area contributed by atoms with E-state index in [-0.39, 0.29) is 34.3 Å². The van der Waals surface area contributed by atoms with Gasteiger partial charge < -0.3 is 14.8 Å². The van der Waals surface area contributed by atoms with Crippen molar-refractivity contribution in [1.29, 1.82) is 0 Å². The molecule has 2 aromatic carbocycles. The summed E-state index contributed by atoms with van der Waals surface area (Å²) in [6, 6.07) is 7.62. The van der Waals surface area contributed by atoms with Crippen molar-refractivity contribution in [3.05, 3.63) is 58.4 Å². The SMILES string of the molecule is Cc1ccc(C(=O)O[C@H](C)C(=O)Nc2ccc(F)cc2Cl)cc1S(=O)(=O)N1CCOCC1. The van der Waals surface area contributed by atoms with Crippen LogP contribution in [0.1, 0.15) is 22.8 Å². The highest BCUT2D eigenvalue weighted by atomic mass is 35.5. The van der Waals surface area contributed by atoms with Crippen LogP contribution in [0.4, 0.5) is 10.1 Å². The maximum atomic E-state index is 13.1. The number of sulfonamides is 1. The van der Waals surface area contributed by atoms with E-state index in [1.165, 1.54) is 35.5 Å². The monoisotopic (exact) mass is 484 g/mol. The molecule has 1 N–H and O–H groups in total. The van der Waals surface area contributed by atoms with Gasteiger partial charge in [-0.15, -0.1) is 0 Å². The van der Waals surface area contributed by atoms with Gasteiger partial charge in [0.2, 0.25) is 10.0 Å². The van der Waals surface area contributed by atoms with Crippen LogP contribution >= 0.6 is 11.6 Å². The predicted molar refractivity (Wildman–Crippen MR) is 116 cm³/mol. The van der Waals surface area contributed by atoms with Crippen molar-refractivity contribution < 1.29 is 31.9 Å². The predicted octanol–water partition coefficient (Wildman–Crippen LogP) is 2.99. The molecule has 1 heterocycles. The van der Waals surface area contributed by atoms with Gasteiger partial charge in [0.15, 0.2) is 6.10 Å². The number of morpholine rings is 1. The van der Waals surface area contributed by atoms with Gasteiger partial charge in [-0.2, -0.15) is 4.31 Å². The Hall–Kier alpha value is -2.53. The second-order valence-corrected chi connectivity index (χ2v) is 9.47. The van der Waals surface area contributed by atoms with E-state index in [1.807, 2.05) is 0 Å². The van der Waals surface area contributed by atoms with E-state index in [2.05, 4.69) is 5.32 Å². The summed E-state index contributed by atoms with van der Waals surface area (Å²) in [5, 5.41) is 2.45. The smallest absolute Gasteiger partial charge is 0.338 e. The summed E-state index contributed by atoms with van der Waals surface area (Å²) in [6.45, 7) is 4.02. The fourth-order valence-electron chi connectivity index (χ4n) is 3.04. The van der Waals surface area contributed by atoms with Gasteiger partial charge in [-0.25, -0.2) is 17.6 Å². The zero-order chi connectivity index (χ0) is 23.5. The number of amides is 1. The fraction of sp³-hybridized carbons (Fsp3) is 0.333. The molecule has 1 aliphatic rings. The first-order valence-corrected chi connectivity index (χ1v) is 11.6. The van der Waals surface area contributed by atoms with E-state index in [9.17, 15) is 22.4 Å². The van der Waals surface area contributed by atoms with Gasteiger partial charge in [0.25, 0.3) is 5.91 Å². The molecule has 0 aromatic heterocycles. The lowest BCUT2D eigenvalue weighted by atomic mass is 10.1. The highest BCUT2D eigenvalue weighted by Crippen LogP contribution is 2.24. The summed E-state index contributed by atoms with van der Waals surface area (Å²) in [5.74, 6) is -2.11. The number of ether oxygens (including phenoxy) is 2. The summed E-state index contributed by atoms with van der Waals surface area (Å²) >= 11 is 5.89. The Balaban J connectivity index is 1.73. The standard InChI is InChI=1S/C21H22ClFN2O6S/c1-13-3-4-15(11-19(13)32(28,29)25-7-9-30-10-8-25)21(27)31-14(2)20(26)24-18-6-5-16(23)12-17(18)22/h3-6,11-12,14H,7-10H2,1-2H3,(H,24,26)/t14-/m1/s1. The molecule has 2 aromatic rings. The Bertz CT molecular complexity index is 1140. The summed E-state index contributed by atoms with van der Waals surface area (Å²) in [6.07, 6.45) is -1.22. The van der Waals surface area contributed by atoms with Crippen molar-refractivity contribution >= 4 is 39.2 Å². The number of carbonyl (C=O) groups excluding carboxylic acids is 2. The third-order valence-electron chi connectivity index (χ3n) is 4.85. The van der Waals surface area contributed by atoms with Gasteiger partial charge >= 0.3 is 5.97 Å². The van der Waals surface area contributed by atoms with Crippen molar-refractivity contribution in [2.75, 3.05) is 31.6 Å². The largest absolute Gasteiger partial charge is 0.449 e. The van der Waals surface area contributed by atoms with E-state index in [0.29, 0.717) is 18.8 Å². The molecule has 0 aliphatic carbocycles. The molecular weight excluding hydrogens is 463 g/mol. The van der Waals surface area contributed by atoms with Crippen LogP contribution in [0, 0.1) is 12.7 Å². The zero-order valence-electron chi connectivity index (χ0n) is 17.4.